The van der Waals surface area contributed by atoms with Crippen LogP contribution in [0.2, 0.25) is 0 Å². The number of methoxy groups -OCH3 is 1. The minimum absolute atomic E-state index is 0.113. The lowest BCUT2D eigenvalue weighted by atomic mass is 10.2. The van der Waals surface area contributed by atoms with Gasteiger partial charge < -0.3 is 14.5 Å². The first kappa shape index (κ1) is 10.5. The molecule has 84 valence electrons. The lowest BCUT2D eigenvalue weighted by Crippen LogP contribution is -2.06. The summed E-state index contributed by atoms with van der Waals surface area (Å²) in [6.45, 7) is 2.34. The highest BCUT2D eigenvalue weighted by Crippen LogP contribution is 2.20. The van der Waals surface area contributed by atoms with Gasteiger partial charge in [-0.15, -0.1) is 0 Å². The van der Waals surface area contributed by atoms with Crippen LogP contribution in [0.4, 0.5) is 0 Å². The molecule has 0 unspecified atom stereocenters. The highest BCUT2D eigenvalue weighted by Gasteiger charge is 2.07. The molecule has 0 aliphatic carbocycles. The molecule has 0 amide bonds. The highest BCUT2D eigenvalue weighted by atomic mass is 16.5. The first-order valence-electron chi connectivity index (χ1n) is 4.95. The molecular weight excluding hydrogens is 208 g/mol. The number of nitrogens with one attached hydrogen (secondary N) is 1. The van der Waals surface area contributed by atoms with E-state index in [-0.39, 0.29) is 5.43 Å². The molecule has 0 spiro atoms. The Bertz CT molecular complexity index is 563. The second-order valence-electron chi connectivity index (χ2n) is 3.17. The van der Waals surface area contributed by atoms with Gasteiger partial charge in [-0.05, 0) is 13.0 Å². The topological polar surface area (TPSA) is 64.2 Å². The monoisotopic (exact) mass is 220 g/mol. The zero-order valence-electron chi connectivity index (χ0n) is 9.11. The maximum Gasteiger partial charge on any atom is 0.238 e. The Hall–Kier alpha value is -2.04. The third kappa shape index (κ3) is 1.71. The first-order valence-corrected chi connectivity index (χ1v) is 4.95. The lowest BCUT2D eigenvalue weighted by molar-refractivity contribution is 0.327. The Labute approximate surface area is 92.0 Å². The second-order valence-corrected chi connectivity index (χ2v) is 3.17. The number of hydrogen-bond acceptors (Lipinski definition) is 4. The number of aromatic nitrogens is 2. The van der Waals surface area contributed by atoms with Gasteiger partial charge in [0.2, 0.25) is 5.88 Å². The average Bonchev–Trinajstić information content (AvgIpc) is 2.29. The summed E-state index contributed by atoms with van der Waals surface area (Å²) in [4.78, 5) is 18.8. The number of rotatable bonds is 3. The first-order chi connectivity index (χ1) is 7.76. The van der Waals surface area contributed by atoms with E-state index in [1.54, 1.807) is 6.07 Å². The molecule has 0 fully saturated rings. The average molecular weight is 220 g/mol. The summed E-state index contributed by atoms with van der Waals surface area (Å²) in [6.07, 6.45) is 1.54. The number of nitrogens with zero attached hydrogens (tertiary/aromatic N) is 1. The van der Waals surface area contributed by atoms with Crippen molar-refractivity contribution in [1.29, 1.82) is 0 Å². The van der Waals surface area contributed by atoms with Crippen molar-refractivity contribution in [2.75, 3.05) is 13.7 Å². The van der Waals surface area contributed by atoms with Crippen LogP contribution in [0.1, 0.15) is 6.92 Å². The molecule has 2 aromatic heterocycles. The Balaban J connectivity index is 2.72. The predicted molar refractivity (Wildman–Crippen MR) is 60.1 cm³/mol. The highest BCUT2D eigenvalue weighted by molar-refractivity contribution is 5.82. The van der Waals surface area contributed by atoms with Crippen LogP contribution in [0, 0.1) is 0 Å². The molecule has 2 aromatic rings. The maximum atomic E-state index is 11.8. The maximum absolute atomic E-state index is 11.8. The van der Waals surface area contributed by atoms with Gasteiger partial charge in [-0.25, -0.2) is 4.98 Å². The summed E-state index contributed by atoms with van der Waals surface area (Å²) < 4.78 is 10.3. The number of aromatic amines is 1. The minimum Gasteiger partial charge on any atom is -0.479 e. The van der Waals surface area contributed by atoms with Crippen molar-refractivity contribution in [3.05, 3.63) is 28.6 Å². The number of hydrogen-bond donors (Lipinski definition) is 1. The van der Waals surface area contributed by atoms with Crippen LogP contribution in [0.3, 0.4) is 0 Å². The van der Waals surface area contributed by atoms with Crippen LogP contribution in [0.5, 0.6) is 11.8 Å². The van der Waals surface area contributed by atoms with E-state index in [2.05, 4.69) is 9.97 Å². The van der Waals surface area contributed by atoms with E-state index in [4.69, 9.17) is 9.47 Å². The zero-order chi connectivity index (χ0) is 11.5. The summed E-state index contributed by atoms with van der Waals surface area (Å²) in [5.41, 5.74) is 0.443. The van der Waals surface area contributed by atoms with Crippen molar-refractivity contribution in [3.8, 4) is 11.8 Å². The molecule has 0 bridgehead atoms. The zero-order valence-corrected chi connectivity index (χ0v) is 9.11. The molecule has 1 N–H and O–H groups in total. The quantitative estimate of drug-likeness (QED) is 0.847. The summed E-state index contributed by atoms with van der Waals surface area (Å²) in [5, 5.41) is 0.537. The predicted octanol–water partition coefficient (Wildman–Crippen LogP) is 1.33. The van der Waals surface area contributed by atoms with Gasteiger partial charge in [-0.2, -0.15) is 0 Å². The van der Waals surface area contributed by atoms with Gasteiger partial charge >= 0.3 is 0 Å². The molecule has 5 heteroatoms. The van der Waals surface area contributed by atoms with Crippen molar-refractivity contribution in [3.63, 3.8) is 0 Å². The van der Waals surface area contributed by atoms with Crippen molar-refractivity contribution >= 4 is 10.9 Å². The smallest absolute Gasteiger partial charge is 0.238 e. The van der Waals surface area contributed by atoms with Crippen LogP contribution in [-0.4, -0.2) is 23.7 Å². The summed E-state index contributed by atoms with van der Waals surface area (Å²) in [5.74, 6) is 0.808. The molecule has 0 saturated heterocycles. The van der Waals surface area contributed by atoms with Crippen LogP contribution < -0.4 is 14.9 Å². The van der Waals surface area contributed by atoms with E-state index in [1.165, 1.54) is 19.4 Å². The third-order valence-electron chi connectivity index (χ3n) is 2.19. The molecule has 2 heterocycles. The SMILES string of the molecule is CCOc1cc(=O)c2ccnc(OC)c2[nH]1. The summed E-state index contributed by atoms with van der Waals surface area (Å²) >= 11 is 0. The van der Waals surface area contributed by atoms with Gasteiger partial charge in [0.25, 0.3) is 0 Å². The van der Waals surface area contributed by atoms with Gasteiger partial charge in [0.15, 0.2) is 11.3 Å². The molecule has 0 saturated carbocycles. The van der Waals surface area contributed by atoms with E-state index >= 15 is 0 Å². The lowest BCUT2D eigenvalue weighted by Gasteiger charge is -2.07. The number of fused-ring (bicyclic) bond motifs is 1. The van der Waals surface area contributed by atoms with Crippen LogP contribution in [0.25, 0.3) is 10.9 Å². The van der Waals surface area contributed by atoms with Gasteiger partial charge in [-0.3, -0.25) is 4.79 Å². The fourth-order valence-corrected chi connectivity index (χ4v) is 1.51. The van der Waals surface area contributed by atoms with E-state index in [0.29, 0.717) is 29.3 Å². The van der Waals surface area contributed by atoms with Crippen LogP contribution >= 0.6 is 0 Å². The fraction of sp³-hybridized carbons (Fsp3) is 0.273. The van der Waals surface area contributed by atoms with Crippen LogP contribution in [0.15, 0.2) is 23.1 Å². The largest absolute Gasteiger partial charge is 0.479 e. The minimum atomic E-state index is -0.113. The summed E-state index contributed by atoms with van der Waals surface area (Å²) in [7, 11) is 1.51. The second kappa shape index (κ2) is 4.22. The molecule has 2 rings (SSSR count). The standard InChI is InChI=1S/C11H12N2O3/c1-3-16-9-6-8(14)7-4-5-12-11(15-2)10(7)13-9/h4-6H,3H2,1-2H3,(H,13,14). The van der Waals surface area contributed by atoms with E-state index in [9.17, 15) is 4.79 Å². The van der Waals surface area contributed by atoms with E-state index < -0.39 is 0 Å². The molecule has 0 aromatic carbocycles. The third-order valence-corrected chi connectivity index (χ3v) is 2.19. The molecule has 0 aliphatic heterocycles. The van der Waals surface area contributed by atoms with Gasteiger partial charge in [0.1, 0.15) is 5.52 Å². The number of ether oxygens (including phenoxy) is 2. The molecule has 16 heavy (non-hydrogen) atoms. The number of H-pyrrole nitrogens is 1. The van der Waals surface area contributed by atoms with E-state index in [0.717, 1.165) is 0 Å². The van der Waals surface area contributed by atoms with E-state index in [1.807, 2.05) is 6.92 Å². The van der Waals surface area contributed by atoms with Crippen LogP contribution in [-0.2, 0) is 0 Å². The Morgan fingerprint density at radius 2 is 2.31 bits per heavy atom. The Morgan fingerprint density at radius 1 is 1.50 bits per heavy atom. The fourth-order valence-electron chi connectivity index (χ4n) is 1.51. The van der Waals surface area contributed by atoms with Gasteiger partial charge in [0.05, 0.1) is 19.1 Å². The molecule has 0 aliphatic rings. The summed E-state index contributed by atoms with van der Waals surface area (Å²) in [6, 6.07) is 3.07. The molecule has 0 radical (unpaired) electrons. The van der Waals surface area contributed by atoms with Crippen molar-refractivity contribution < 1.29 is 9.47 Å². The van der Waals surface area contributed by atoms with Crippen molar-refractivity contribution in [2.24, 2.45) is 0 Å². The normalized spacial score (nSPS) is 10.4. The van der Waals surface area contributed by atoms with Crippen molar-refractivity contribution in [2.45, 2.75) is 6.92 Å². The van der Waals surface area contributed by atoms with Gasteiger partial charge in [-0.1, -0.05) is 0 Å². The number of pyridine rings is 2. The molecular formula is C11H12N2O3. The van der Waals surface area contributed by atoms with Gasteiger partial charge in [0, 0.05) is 12.3 Å². The molecule has 0 atom stereocenters. The van der Waals surface area contributed by atoms with Crippen molar-refractivity contribution in [1.82, 2.24) is 9.97 Å². The Morgan fingerprint density at radius 3 is 3.00 bits per heavy atom. The Kier molecular flexibility index (Phi) is 2.76. The molecule has 5 nitrogen and oxygen atoms in total.